The number of rotatable bonds is 2. The second-order valence-electron chi connectivity index (χ2n) is 4.87. The summed E-state index contributed by atoms with van der Waals surface area (Å²) in [5.74, 6) is -0.158. The second-order valence-corrected chi connectivity index (χ2v) is 5.68. The molecule has 3 nitrogen and oxygen atoms in total. The van der Waals surface area contributed by atoms with Gasteiger partial charge in [0.1, 0.15) is 0 Å². The summed E-state index contributed by atoms with van der Waals surface area (Å²) >= 11 is 11.9. The highest BCUT2D eigenvalue weighted by atomic mass is 35.5. The van der Waals surface area contributed by atoms with Crippen LogP contribution >= 0.6 is 23.2 Å². The maximum absolute atomic E-state index is 12.6. The Morgan fingerprint density at radius 2 is 1.77 bits per heavy atom. The Bertz CT molecular complexity index is 798. The van der Waals surface area contributed by atoms with Gasteiger partial charge in [-0.2, -0.15) is 10.1 Å². The number of hydrogen-bond acceptors (Lipinski definition) is 2. The van der Waals surface area contributed by atoms with Crippen molar-refractivity contribution in [1.82, 2.24) is 0 Å². The van der Waals surface area contributed by atoms with Crippen LogP contribution < -0.4 is 5.01 Å². The lowest BCUT2D eigenvalue weighted by Crippen LogP contribution is -2.21. The van der Waals surface area contributed by atoms with Crippen molar-refractivity contribution in [3.05, 3.63) is 69.7 Å². The van der Waals surface area contributed by atoms with Crippen molar-refractivity contribution >= 4 is 46.6 Å². The molecule has 2 aromatic rings. The van der Waals surface area contributed by atoms with Crippen LogP contribution in [0.1, 0.15) is 12.5 Å². The zero-order valence-electron chi connectivity index (χ0n) is 11.8. The summed E-state index contributed by atoms with van der Waals surface area (Å²) in [4.78, 5) is 12.6. The third-order valence-corrected chi connectivity index (χ3v) is 4.06. The Morgan fingerprint density at radius 3 is 2.45 bits per heavy atom. The first-order valence-corrected chi connectivity index (χ1v) is 7.43. The van der Waals surface area contributed by atoms with E-state index in [2.05, 4.69) is 5.10 Å². The molecule has 1 aliphatic rings. The summed E-state index contributed by atoms with van der Waals surface area (Å²) in [6.45, 7) is 1.81. The number of carbonyl (C=O) groups is 1. The topological polar surface area (TPSA) is 32.7 Å². The Hall–Kier alpha value is -2.10. The normalized spacial score (nSPS) is 16.3. The van der Waals surface area contributed by atoms with E-state index in [1.807, 2.05) is 43.3 Å². The van der Waals surface area contributed by atoms with E-state index in [9.17, 15) is 4.79 Å². The third-order valence-electron chi connectivity index (χ3n) is 3.32. The van der Waals surface area contributed by atoms with Crippen LogP contribution in [0.15, 0.2) is 59.2 Å². The summed E-state index contributed by atoms with van der Waals surface area (Å²) in [5, 5.41) is 6.67. The minimum Gasteiger partial charge on any atom is -0.267 e. The maximum atomic E-state index is 12.6. The molecule has 0 N–H and O–H groups in total. The van der Waals surface area contributed by atoms with Gasteiger partial charge >= 0.3 is 0 Å². The molecule has 0 aliphatic carbocycles. The molecule has 5 heteroatoms. The van der Waals surface area contributed by atoms with Crippen LogP contribution in [-0.4, -0.2) is 11.6 Å². The number of hydrogen-bond donors (Lipinski definition) is 0. The summed E-state index contributed by atoms with van der Waals surface area (Å²) in [5.41, 5.74) is 2.76. The number of nitrogens with zero attached hydrogens (tertiary/aromatic N) is 2. The summed E-state index contributed by atoms with van der Waals surface area (Å²) < 4.78 is 0. The number of para-hydroxylation sites is 1. The number of amides is 1. The fourth-order valence-corrected chi connectivity index (χ4v) is 2.50. The Morgan fingerprint density at radius 1 is 1.05 bits per heavy atom. The van der Waals surface area contributed by atoms with Crippen molar-refractivity contribution in [3.8, 4) is 0 Å². The number of benzene rings is 2. The van der Waals surface area contributed by atoms with Crippen LogP contribution in [0.25, 0.3) is 6.08 Å². The van der Waals surface area contributed by atoms with Gasteiger partial charge in [-0.25, -0.2) is 0 Å². The molecule has 3 rings (SSSR count). The van der Waals surface area contributed by atoms with Gasteiger partial charge in [-0.1, -0.05) is 47.5 Å². The average Bonchev–Trinajstić information content (AvgIpc) is 2.80. The Balaban J connectivity index is 1.96. The van der Waals surface area contributed by atoms with Crippen molar-refractivity contribution in [1.29, 1.82) is 0 Å². The first-order chi connectivity index (χ1) is 10.6. The lowest BCUT2D eigenvalue weighted by atomic mass is 10.1. The minimum atomic E-state index is -0.158. The molecule has 0 saturated heterocycles. The fourth-order valence-electron chi connectivity index (χ4n) is 2.20. The van der Waals surface area contributed by atoms with Crippen molar-refractivity contribution in [2.45, 2.75) is 6.92 Å². The minimum absolute atomic E-state index is 0.158. The van der Waals surface area contributed by atoms with Gasteiger partial charge < -0.3 is 0 Å². The van der Waals surface area contributed by atoms with Gasteiger partial charge in [0.2, 0.25) is 0 Å². The van der Waals surface area contributed by atoms with Gasteiger partial charge in [-0.3, -0.25) is 4.79 Å². The third kappa shape index (κ3) is 2.78. The second kappa shape index (κ2) is 5.95. The van der Waals surface area contributed by atoms with Gasteiger partial charge in [-0.05, 0) is 42.8 Å². The summed E-state index contributed by atoms with van der Waals surface area (Å²) in [7, 11) is 0. The number of anilines is 1. The first-order valence-electron chi connectivity index (χ1n) is 6.68. The molecule has 0 saturated carbocycles. The molecule has 110 valence electrons. The van der Waals surface area contributed by atoms with Crippen LogP contribution in [0, 0.1) is 0 Å². The fraction of sp³-hybridized carbons (Fsp3) is 0.0588. The molecule has 0 aromatic heterocycles. The molecular weight excluding hydrogens is 319 g/mol. The highest BCUT2D eigenvalue weighted by Crippen LogP contribution is 2.27. The van der Waals surface area contributed by atoms with E-state index in [1.165, 1.54) is 5.01 Å². The van der Waals surface area contributed by atoms with E-state index in [4.69, 9.17) is 23.2 Å². The number of hydrazone groups is 1. The summed E-state index contributed by atoms with van der Waals surface area (Å²) in [6, 6.07) is 14.6. The largest absolute Gasteiger partial charge is 0.280 e. The van der Waals surface area contributed by atoms with Gasteiger partial charge in [0.05, 0.1) is 27.0 Å². The quantitative estimate of drug-likeness (QED) is 0.728. The molecule has 1 heterocycles. The van der Waals surface area contributed by atoms with Gasteiger partial charge in [0, 0.05) is 0 Å². The zero-order valence-corrected chi connectivity index (χ0v) is 13.3. The first kappa shape index (κ1) is 14.8. The molecule has 0 unspecified atom stereocenters. The molecule has 0 radical (unpaired) electrons. The van der Waals surface area contributed by atoms with Gasteiger partial charge in [0.25, 0.3) is 5.91 Å². The van der Waals surface area contributed by atoms with Gasteiger partial charge in [-0.15, -0.1) is 0 Å². The number of halogens is 2. The molecular formula is C17H12Cl2N2O. The maximum Gasteiger partial charge on any atom is 0.280 e. The molecule has 1 amide bonds. The van der Waals surface area contributed by atoms with E-state index in [-0.39, 0.29) is 5.91 Å². The molecule has 1 aliphatic heterocycles. The van der Waals surface area contributed by atoms with Crippen LogP contribution in [0.2, 0.25) is 10.0 Å². The molecule has 0 bridgehead atoms. The van der Waals surface area contributed by atoms with E-state index in [1.54, 1.807) is 18.2 Å². The molecule has 2 aromatic carbocycles. The lowest BCUT2D eigenvalue weighted by molar-refractivity contribution is -0.114. The summed E-state index contributed by atoms with van der Waals surface area (Å²) in [6.07, 6.45) is 1.77. The predicted molar refractivity (Wildman–Crippen MR) is 91.5 cm³/mol. The highest BCUT2D eigenvalue weighted by Gasteiger charge is 2.28. The van der Waals surface area contributed by atoms with E-state index in [0.717, 1.165) is 11.3 Å². The molecule has 0 spiro atoms. The van der Waals surface area contributed by atoms with Crippen molar-refractivity contribution in [2.75, 3.05) is 5.01 Å². The predicted octanol–water partition coefficient (Wildman–Crippen LogP) is 4.80. The standard InChI is InChI=1S/C17H12Cl2N2O/c1-11-14(9-12-7-8-15(18)16(19)10-12)17(22)21(20-11)13-5-3-2-4-6-13/h2-10H,1H3/b14-9+. The van der Waals surface area contributed by atoms with Gasteiger partial charge in [0.15, 0.2) is 0 Å². The van der Waals surface area contributed by atoms with Crippen molar-refractivity contribution in [3.63, 3.8) is 0 Å². The zero-order chi connectivity index (χ0) is 15.7. The lowest BCUT2D eigenvalue weighted by Gasteiger charge is -2.11. The van der Waals surface area contributed by atoms with Crippen LogP contribution in [0.3, 0.4) is 0 Å². The molecule has 0 atom stereocenters. The smallest absolute Gasteiger partial charge is 0.267 e. The molecule has 22 heavy (non-hydrogen) atoms. The monoisotopic (exact) mass is 330 g/mol. The average molecular weight is 331 g/mol. The van der Waals surface area contributed by atoms with E-state index >= 15 is 0 Å². The highest BCUT2D eigenvalue weighted by molar-refractivity contribution is 6.42. The number of carbonyl (C=O) groups excluding carboxylic acids is 1. The van der Waals surface area contributed by atoms with E-state index < -0.39 is 0 Å². The van der Waals surface area contributed by atoms with Crippen LogP contribution in [0.5, 0.6) is 0 Å². The Kier molecular flexibility index (Phi) is 4.01. The van der Waals surface area contributed by atoms with Crippen molar-refractivity contribution in [2.24, 2.45) is 5.10 Å². The van der Waals surface area contributed by atoms with Crippen LogP contribution in [0.4, 0.5) is 5.69 Å². The van der Waals surface area contributed by atoms with Crippen LogP contribution in [-0.2, 0) is 4.79 Å². The van der Waals surface area contributed by atoms with E-state index in [0.29, 0.717) is 21.3 Å². The Labute approximate surface area is 138 Å². The van der Waals surface area contributed by atoms with Crippen molar-refractivity contribution < 1.29 is 4.79 Å². The SMILES string of the molecule is CC1=NN(c2ccccc2)C(=O)/C1=C/c1ccc(Cl)c(Cl)c1. The molecule has 0 fully saturated rings.